The lowest BCUT2D eigenvalue weighted by Crippen LogP contribution is -2.62. The quantitative estimate of drug-likeness (QED) is 0.896. The number of piperazine rings is 1. The van der Waals surface area contributed by atoms with Gasteiger partial charge in [-0.1, -0.05) is 0 Å². The molecule has 0 unspecified atom stereocenters. The molecule has 108 valence electrons. The highest BCUT2D eigenvalue weighted by molar-refractivity contribution is 9.10. The van der Waals surface area contributed by atoms with Gasteiger partial charge in [0.25, 0.3) is 0 Å². The van der Waals surface area contributed by atoms with Gasteiger partial charge in [0, 0.05) is 30.3 Å². The number of aromatic carboxylic acids is 1. The maximum Gasteiger partial charge on any atom is 0.336 e. The molecule has 1 aliphatic heterocycles. The minimum atomic E-state index is -0.975. The second-order valence-corrected chi connectivity index (χ2v) is 6.26. The molecule has 0 saturated carbocycles. The van der Waals surface area contributed by atoms with Crippen molar-refractivity contribution in [2.45, 2.75) is 19.4 Å². The number of hydrogen-bond donors (Lipinski definition) is 1. The number of benzene rings is 1. The maximum absolute atomic E-state index is 12.3. The van der Waals surface area contributed by atoms with Crippen LogP contribution in [0.15, 0.2) is 22.7 Å². The summed E-state index contributed by atoms with van der Waals surface area (Å²) in [6, 6.07) is 5.05. The Morgan fingerprint density at radius 2 is 2.00 bits per heavy atom. The van der Waals surface area contributed by atoms with Gasteiger partial charge in [-0.3, -0.25) is 4.79 Å². The number of likely N-dealkylation sites (N-methyl/N-ethyl adjacent to an activating group) is 1. The molecule has 0 spiro atoms. The molecule has 2 rings (SSSR count). The summed E-state index contributed by atoms with van der Waals surface area (Å²) in [5.74, 6) is -0.917. The van der Waals surface area contributed by atoms with Crippen molar-refractivity contribution in [3.63, 3.8) is 0 Å². The van der Waals surface area contributed by atoms with Gasteiger partial charge in [0.15, 0.2) is 0 Å². The Morgan fingerprint density at radius 1 is 1.35 bits per heavy atom. The van der Waals surface area contributed by atoms with Crippen LogP contribution in [0.4, 0.5) is 5.69 Å². The third kappa shape index (κ3) is 2.40. The maximum atomic E-state index is 12.3. The van der Waals surface area contributed by atoms with Crippen LogP contribution in [0.1, 0.15) is 24.2 Å². The van der Waals surface area contributed by atoms with Crippen LogP contribution in [0.2, 0.25) is 0 Å². The van der Waals surface area contributed by atoms with E-state index in [0.29, 0.717) is 17.6 Å². The van der Waals surface area contributed by atoms with Gasteiger partial charge in [-0.15, -0.1) is 0 Å². The molecule has 1 amide bonds. The molecule has 0 aromatic heterocycles. The Balaban J connectivity index is 2.39. The van der Waals surface area contributed by atoms with E-state index in [-0.39, 0.29) is 11.5 Å². The molecular formula is C14H17BrN2O3. The largest absolute Gasteiger partial charge is 0.478 e. The summed E-state index contributed by atoms with van der Waals surface area (Å²) in [5, 5.41) is 9.04. The van der Waals surface area contributed by atoms with Gasteiger partial charge < -0.3 is 14.9 Å². The van der Waals surface area contributed by atoms with Crippen LogP contribution in [0.5, 0.6) is 0 Å². The Hall–Kier alpha value is -1.56. The second kappa shape index (κ2) is 5.09. The summed E-state index contributed by atoms with van der Waals surface area (Å²) in [7, 11) is 1.80. The molecule has 0 atom stereocenters. The van der Waals surface area contributed by atoms with E-state index in [1.165, 1.54) is 0 Å². The first-order valence-electron chi connectivity index (χ1n) is 6.31. The van der Waals surface area contributed by atoms with Crippen LogP contribution in [0.3, 0.4) is 0 Å². The van der Waals surface area contributed by atoms with Crippen molar-refractivity contribution in [1.82, 2.24) is 4.90 Å². The number of hydrogen-bond acceptors (Lipinski definition) is 3. The van der Waals surface area contributed by atoms with Crippen molar-refractivity contribution >= 4 is 33.5 Å². The third-order valence-electron chi connectivity index (χ3n) is 3.70. The Kier molecular flexibility index (Phi) is 3.77. The second-order valence-electron chi connectivity index (χ2n) is 5.41. The lowest BCUT2D eigenvalue weighted by atomic mass is 9.96. The van der Waals surface area contributed by atoms with Gasteiger partial charge >= 0.3 is 5.97 Å². The summed E-state index contributed by atoms with van der Waals surface area (Å²) in [6.07, 6.45) is 0. The van der Waals surface area contributed by atoms with E-state index in [1.54, 1.807) is 30.1 Å². The molecule has 1 aliphatic rings. The van der Waals surface area contributed by atoms with Crippen LogP contribution in [-0.4, -0.2) is 47.6 Å². The Morgan fingerprint density at radius 3 is 2.55 bits per heavy atom. The summed E-state index contributed by atoms with van der Waals surface area (Å²) in [6.45, 7) is 5.13. The van der Waals surface area contributed by atoms with Crippen molar-refractivity contribution in [2.24, 2.45) is 0 Å². The molecule has 1 saturated heterocycles. The van der Waals surface area contributed by atoms with Crippen molar-refractivity contribution in [3.05, 3.63) is 28.2 Å². The molecule has 1 aromatic rings. The molecule has 0 radical (unpaired) electrons. The van der Waals surface area contributed by atoms with Crippen molar-refractivity contribution in [2.75, 3.05) is 25.0 Å². The van der Waals surface area contributed by atoms with E-state index in [9.17, 15) is 9.59 Å². The highest BCUT2D eigenvalue weighted by atomic mass is 79.9. The van der Waals surface area contributed by atoms with Gasteiger partial charge in [0.05, 0.1) is 5.56 Å². The van der Waals surface area contributed by atoms with E-state index in [0.717, 1.165) is 5.69 Å². The normalized spacial score (nSPS) is 18.3. The van der Waals surface area contributed by atoms with Crippen LogP contribution in [0.25, 0.3) is 0 Å². The lowest BCUT2D eigenvalue weighted by Gasteiger charge is -2.46. The Labute approximate surface area is 126 Å². The number of anilines is 1. The smallest absolute Gasteiger partial charge is 0.336 e. The number of carboxylic acid groups (broad SMARTS) is 1. The SMILES string of the molecule is CN1CCN(c2ccc(C(=O)O)c(Br)c2)C(C)(C)C1=O. The standard InChI is InChI=1S/C14H17BrN2O3/c1-14(2)13(20)16(3)6-7-17(14)9-4-5-10(12(18)19)11(15)8-9/h4-5,8H,6-7H2,1-3H3,(H,18,19). The number of carbonyl (C=O) groups is 2. The van der Waals surface area contributed by atoms with E-state index in [4.69, 9.17) is 5.11 Å². The molecule has 1 heterocycles. The molecule has 20 heavy (non-hydrogen) atoms. The van der Waals surface area contributed by atoms with Crippen LogP contribution in [0, 0.1) is 0 Å². The topological polar surface area (TPSA) is 60.9 Å². The summed E-state index contributed by atoms with van der Waals surface area (Å²) in [4.78, 5) is 27.0. The van der Waals surface area contributed by atoms with E-state index < -0.39 is 11.5 Å². The number of amides is 1. The number of rotatable bonds is 2. The van der Waals surface area contributed by atoms with Gasteiger partial charge in [0.2, 0.25) is 5.91 Å². The first-order valence-corrected chi connectivity index (χ1v) is 7.10. The summed E-state index contributed by atoms with van der Waals surface area (Å²) >= 11 is 3.28. The van der Waals surface area contributed by atoms with Gasteiger partial charge in [-0.2, -0.15) is 0 Å². The fourth-order valence-corrected chi connectivity index (χ4v) is 3.05. The molecule has 0 aliphatic carbocycles. The monoisotopic (exact) mass is 340 g/mol. The fraction of sp³-hybridized carbons (Fsp3) is 0.429. The van der Waals surface area contributed by atoms with Gasteiger partial charge in [-0.25, -0.2) is 4.79 Å². The van der Waals surface area contributed by atoms with Crippen molar-refractivity contribution in [3.8, 4) is 0 Å². The fourth-order valence-electron chi connectivity index (χ4n) is 2.51. The summed E-state index contributed by atoms with van der Waals surface area (Å²) < 4.78 is 0.518. The van der Waals surface area contributed by atoms with Crippen molar-refractivity contribution < 1.29 is 14.7 Å². The third-order valence-corrected chi connectivity index (χ3v) is 4.35. The van der Waals surface area contributed by atoms with Crippen LogP contribution >= 0.6 is 15.9 Å². The molecule has 6 heteroatoms. The zero-order valence-corrected chi connectivity index (χ0v) is 13.3. The molecule has 0 bridgehead atoms. The number of halogens is 1. The first kappa shape index (κ1) is 14.8. The predicted molar refractivity (Wildman–Crippen MR) is 80.2 cm³/mol. The predicted octanol–water partition coefficient (Wildman–Crippen LogP) is 2.20. The average Bonchev–Trinajstić information content (AvgIpc) is 2.35. The molecular weight excluding hydrogens is 324 g/mol. The van der Waals surface area contributed by atoms with Crippen molar-refractivity contribution in [1.29, 1.82) is 0 Å². The van der Waals surface area contributed by atoms with E-state index in [2.05, 4.69) is 15.9 Å². The minimum absolute atomic E-state index is 0.0576. The van der Waals surface area contributed by atoms with Crippen LogP contribution < -0.4 is 4.90 Å². The summed E-state index contributed by atoms with van der Waals surface area (Å²) in [5.41, 5.74) is 0.414. The average molecular weight is 341 g/mol. The van der Waals surface area contributed by atoms with Gasteiger partial charge in [0.1, 0.15) is 5.54 Å². The zero-order chi connectivity index (χ0) is 15.1. The highest BCUT2D eigenvalue weighted by Crippen LogP contribution is 2.31. The highest BCUT2D eigenvalue weighted by Gasteiger charge is 2.40. The molecule has 1 aromatic carbocycles. The first-order chi connectivity index (χ1) is 9.25. The Bertz CT molecular complexity index is 572. The molecule has 1 fully saturated rings. The van der Waals surface area contributed by atoms with E-state index >= 15 is 0 Å². The minimum Gasteiger partial charge on any atom is -0.478 e. The van der Waals surface area contributed by atoms with Crippen LogP contribution in [-0.2, 0) is 4.79 Å². The number of carbonyl (C=O) groups excluding carboxylic acids is 1. The number of nitrogens with zero attached hydrogens (tertiary/aromatic N) is 2. The van der Waals surface area contributed by atoms with Gasteiger partial charge in [-0.05, 0) is 48.0 Å². The zero-order valence-electron chi connectivity index (χ0n) is 11.7. The van der Waals surface area contributed by atoms with E-state index in [1.807, 2.05) is 18.7 Å². The lowest BCUT2D eigenvalue weighted by molar-refractivity contribution is -0.136. The molecule has 5 nitrogen and oxygen atoms in total. The number of carboxylic acids is 1. The molecule has 1 N–H and O–H groups in total.